The molecule has 3 aliphatic heterocycles. The van der Waals surface area contributed by atoms with Gasteiger partial charge in [-0.25, -0.2) is 0 Å². The average molecular weight is 392 g/mol. The minimum atomic E-state index is -0.343. The highest BCUT2D eigenvalue weighted by Gasteiger charge is 2.43. The molecule has 2 saturated heterocycles. The predicted molar refractivity (Wildman–Crippen MR) is 105 cm³/mol. The number of rotatable bonds is 2. The van der Waals surface area contributed by atoms with E-state index in [2.05, 4.69) is 13.0 Å². The Bertz CT molecular complexity index is 716. The van der Waals surface area contributed by atoms with E-state index in [1.54, 1.807) is 11.3 Å². The van der Waals surface area contributed by atoms with E-state index in [4.69, 9.17) is 10.5 Å². The van der Waals surface area contributed by atoms with Crippen molar-refractivity contribution >= 4 is 23.2 Å². The predicted octanol–water partition coefficient (Wildman–Crippen LogP) is 1.97. The number of nitrogens with zero attached hydrogens (tertiary/aromatic N) is 2. The number of nitrogens with two attached hydrogens (primary N) is 1. The Hall–Kier alpha value is -1.44. The maximum absolute atomic E-state index is 13.0. The van der Waals surface area contributed by atoms with Crippen molar-refractivity contribution in [2.24, 2.45) is 11.7 Å². The van der Waals surface area contributed by atoms with Gasteiger partial charge in [0.2, 0.25) is 5.91 Å². The lowest BCUT2D eigenvalue weighted by atomic mass is 9.82. The second-order valence-corrected chi connectivity index (χ2v) is 9.24. The Kier molecular flexibility index (Phi) is 5.27. The zero-order valence-electron chi connectivity index (χ0n) is 16.0. The van der Waals surface area contributed by atoms with Crippen molar-refractivity contribution in [2.75, 3.05) is 39.3 Å². The minimum Gasteiger partial charge on any atom is -0.370 e. The normalized spacial score (nSPS) is 22.7. The van der Waals surface area contributed by atoms with Gasteiger partial charge in [-0.1, -0.05) is 6.92 Å². The molecule has 0 radical (unpaired) electrons. The lowest BCUT2D eigenvalue weighted by molar-refractivity contribution is -0.139. The summed E-state index contributed by atoms with van der Waals surface area (Å²) in [6.07, 6.45) is 4.61. The third-order valence-electron chi connectivity index (χ3n) is 6.39. The van der Waals surface area contributed by atoms with Gasteiger partial charge >= 0.3 is 0 Å². The summed E-state index contributed by atoms with van der Waals surface area (Å²) in [5, 5.41) is 0. The van der Waals surface area contributed by atoms with Crippen LogP contribution in [0, 0.1) is 5.92 Å². The molecule has 0 bridgehead atoms. The van der Waals surface area contributed by atoms with Crippen molar-refractivity contribution in [2.45, 2.75) is 44.6 Å². The van der Waals surface area contributed by atoms with Crippen LogP contribution in [0.2, 0.25) is 0 Å². The summed E-state index contributed by atoms with van der Waals surface area (Å²) >= 11 is 1.65. The van der Waals surface area contributed by atoms with Crippen LogP contribution in [-0.2, 0) is 21.6 Å². The van der Waals surface area contributed by atoms with Crippen molar-refractivity contribution in [1.29, 1.82) is 0 Å². The molecule has 0 saturated carbocycles. The van der Waals surface area contributed by atoms with Crippen LogP contribution >= 0.6 is 11.3 Å². The molecule has 3 aliphatic rings. The summed E-state index contributed by atoms with van der Waals surface area (Å²) in [6, 6.07) is 2.08. The fourth-order valence-electron chi connectivity index (χ4n) is 4.55. The molecule has 2 N–H and O–H groups in total. The summed E-state index contributed by atoms with van der Waals surface area (Å²) in [5.41, 5.74) is 6.35. The van der Waals surface area contributed by atoms with Gasteiger partial charge in [-0.05, 0) is 43.2 Å². The van der Waals surface area contributed by atoms with Crippen LogP contribution in [0.25, 0.3) is 0 Å². The van der Waals surface area contributed by atoms with Crippen molar-refractivity contribution in [3.05, 3.63) is 21.4 Å². The number of thiophene rings is 1. The molecule has 0 aromatic carbocycles. The molecule has 148 valence electrons. The Balaban J connectivity index is 1.52. The molecular weight excluding hydrogens is 362 g/mol. The van der Waals surface area contributed by atoms with E-state index in [1.165, 1.54) is 10.4 Å². The molecule has 4 rings (SSSR count). The first-order chi connectivity index (χ1) is 13.0. The maximum Gasteiger partial charge on any atom is 0.263 e. The lowest BCUT2D eigenvalue weighted by Gasteiger charge is -2.44. The number of fused-ring (bicyclic) bond motifs is 2. The minimum absolute atomic E-state index is 0.00129. The first-order valence-electron chi connectivity index (χ1n) is 10.1. The van der Waals surface area contributed by atoms with Gasteiger partial charge < -0.3 is 20.3 Å². The third kappa shape index (κ3) is 3.52. The molecule has 4 heterocycles. The van der Waals surface area contributed by atoms with Gasteiger partial charge in [-0.2, -0.15) is 0 Å². The third-order valence-corrected chi connectivity index (χ3v) is 7.57. The first-order valence-corrected chi connectivity index (χ1v) is 10.9. The fourth-order valence-corrected chi connectivity index (χ4v) is 5.75. The van der Waals surface area contributed by atoms with Gasteiger partial charge in [0.15, 0.2) is 0 Å². The number of piperidine rings is 2. The Morgan fingerprint density at radius 2 is 1.93 bits per heavy atom. The van der Waals surface area contributed by atoms with Crippen LogP contribution in [0.3, 0.4) is 0 Å². The Labute approximate surface area is 164 Å². The number of carbonyl (C=O) groups is 2. The monoisotopic (exact) mass is 391 g/mol. The molecule has 1 aromatic rings. The highest BCUT2D eigenvalue weighted by atomic mass is 32.1. The van der Waals surface area contributed by atoms with E-state index >= 15 is 0 Å². The summed E-state index contributed by atoms with van der Waals surface area (Å²) in [6.45, 7) is 6.06. The Morgan fingerprint density at radius 1 is 1.22 bits per heavy atom. The van der Waals surface area contributed by atoms with Crippen LogP contribution in [0.1, 0.15) is 52.7 Å². The average Bonchev–Trinajstić information content (AvgIpc) is 3.14. The number of likely N-dealkylation sites (tertiary alicyclic amines) is 2. The van der Waals surface area contributed by atoms with Crippen LogP contribution in [0.15, 0.2) is 6.07 Å². The van der Waals surface area contributed by atoms with E-state index in [0.29, 0.717) is 25.6 Å². The van der Waals surface area contributed by atoms with Gasteiger partial charge in [-0.15, -0.1) is 11.3 Å². The number of carbonyl (C=O) groups excluding carboxylic acids is 2. The molecule has 0 atom stereocenters. The highest BCUT2D eigenvalue weighted by molar-refractivity contribution is 7.14. The zero-order chi connectivity index (χ0) is 19.0. The fraction of sp³-hybridized carbons (Fsp3) is 0.700. The molecule has 0 unspecified atom stereocenters. The first kappa shape index (κ1) is 18.9. The highest BCUT2D eigenvalue weighted by Crippen LogP contribution is 2.44. The molecule has 2 fully saturated rings. The largest absolute Gasteiger partial charge is 0.370 e. The summed E-state index contributed by atoms with van der Waals surface area (Å²) in [7, 11) is 0. The van der Waals surface area contributed by atoms with Gasteiger partial charge in [0.1, 0.15) is 0 Å². The molecule has 27 heavy (non-hydrogen) atoms. The van der Waals surface area contributed by atoms with Gasteiger partial charge in [0.25, 0.3) is 5.91 Å². The number of hydrogen-bond donors (Lipinski definition) is 1. The number of ether oxygens (including phenoxy) is 1. The second kappa shape index (κ2) is 7.53. The van der Waals surface area contributed by atoms with Crippen molar-refractivity contribution in [3.8, 4) is 0 Å². The topological polar surface area (TPSA) is 75.9 Å². The number of hydrogen-bond acceptors (Lipinski definition) is 5. The van der Waals surface area contributed by atoms with Crippen molar-refractivity contribution in [1.82, 2.24) is 9.80 Å². The van der Waals surface area contributed by atoms with E-state index in [9.17, 15) is 9.59 Å². The van der Waals surface area contributed by atoms with Gasteiger partial charge in [0, 0.05) is 37.5 Å². The zero-order valence-corrected chi connectivity index (χ0v) is 16.9. The van der Waals surface area contributed by atoms with Gasteiger partial charge in [-0.3, -0.25) is 9.59 Å². The number of amides is 2. The SMILES string of the molecule is CC1CCN(C(=O)c2cc3c(s2)CCOC32CCN(C(=O)CN)CC2)CC1. The summed E-state index contributed by atoms with van der Waals surface area (Å²) < 4.78 is 6.26. The van der Waals surface area contributed by atoms with E-state index < -0.39 is 0 Å². The Morgan fingerprint density at radius 3 is 2.59 bits per heavy atom. The van der Waals surface area contributed by atoms with Crippen LogP contribution in [0.4, 0.5) is 0 Å². The quantitative estimate of drug-likeness (QED) is 0.836. The molecule has 1 spiro atoms. The molecule has 6 nitrogen and oxygen atoms in total. The molecular formula is C20H29N3O3S. The van der Waals surface area contributed by atoms with E-state index in [0.717, 1.165) is 50.1 Å². The molecule has 0 aliphatic carbocycles. The summed E-state index contributed by atoms with van der Waals surface area (Å²) in [4.78, 5) is 30.9. The van der Waals surface area contributed by atoms with Gasteiger partial charge in [0.05, 0.1) is 23.6 Å². The lowest BCUT2D eigenvalue weighted by Crippen LogP contribution is -2.49. The standard InChI is InChI=1S/C20H29N3O3S/c1-14-2-7-23(8-3-14)19(25)17-12-15-16(27-17)4-11-26-20(15)5-9-22(10-6-20)18(24)13-21/h12,14H,2-11,13,21H2,1H3. The second-order valence-electron chi connectivity index (χ2n) is 8.10. The smallest absolute Gasteiger partial charge is 0.263 e. The van der Waals surface area contributed by atoms with Crippen LogP contribution < -0.4 is 5.73 Å². The van der Waals surface area contributed by atoms with Crippen LogP contribution in [-0.4, -0.2) is 60.9 Å². The van der Waals surface area contributed by atoms with E-state index in [1.807, 2.05) is 9.80 Å². The van der Waals surface area contributed by atoms with Crippen molar-refractivity contribution in [3.63, 3.8) is 0 Å². The molecule has 1 aromatic heterocycles. The molecule has 7 heteroatoms. The van der Waals surface area contributed by atoms with E-state index in [-0.39, 0.29) is 24.0 Å². The molecule has 2 amide bonds. The summed E-state index contributed by atoms with van der Waals surface area (Å²) in [5.74, 6) is 0.886. The van der Waals surface area contributed by atoms with Crippen molar-refractivity contribution < 1.29 is 14.3 Å². The van der Waals surface area contributed by atoms with Crippen LogP contribution in [0.5, 0.6) is 0 Å². The maximum atomic E-state index is 13.0.